The van der Waals surface area contributed by atoms with Crippen molar-refractivity contribution in [1.82, 2.24) is 18.7 Å². The van der Waals surface area contributed by atoms with Gasteiger partial charge in [0.25, 0.3) is 0 Å². The highest BCUT2D eigenvalue weighted by atomic mass is 35.5. The monoisotopic (exact) mass is 502 g/mol. The summed E-state index contributed by atoms with van der Waals surface area (Å²) in [7, 11) is 2.01. The molecule has 0 spiro atoms. The number of benzene rings is 2. The first-order valence-corrected chi connectivity index (χ1v) is 12.1. The van der Waals surface area contributed by atoms with Crippen molar-refractivity contribution in [2.24, 2.45) is 7.05 Å². The van der Waals surface area contributed by atoms with Gasteiger partial charge in [-0.05, 0) is 73.4 Å². The van der Waals surface area contributed by atoms with Gasteiger partial charge in [-0.2, -0.15) is 0 Å². The summed E-state index contributed by atoms with van der Waals surface area (Å²) in [6.45, 7) is 6.36. The summed E-state index contributed by atoms with van der Waals surface area (Å²) in [4.78, 5) is 30.6. The van der Waals surface area contributed by atoms with Crippen LogP contribution < -0.4 is 5.69 Å². The number of aromatic nitrogens is 4. The number of carbonyl (C=O) groups is 1. The Bertz CT molecular complexity index is 1690. The molecule has 5 aromatic rings. The topological polar surface area (TPSA) is 82.1 Å². The van der Waals surface area contributed by atoms with Crippen LogP contribution in [0, 0.1) is 20.8 Å². The summed E-state index contributed by atoms with van der Waals surface area (Å²) >= 11 is 6.08. The number of hydrogen-bond donors (Lipinski definition) is 1. The van der Waals surface area contributed by atoms with Gasteiger partial charge in [-0.1, -0.05) is 29.8 Å². The third kappa shape index (κ3) is 4.09. The lowest BCUT2D eigenvalue weighted by molar-refractivity contribution is -0.137. The van der Waals surface area contributed by atoms with Crippen molar-refractivity contribution < 1.29 is 9.90 Å². The van der Waals surface area contributed by atoms with Gasteiger partial charge in [-0.3, -0.25) is 13.9 Å². The molecule has 0 saturated heterocycles. The van der Waals surface area contributed by atoms with E-state index in [1.165, 1.54) is 10.1 Å². The largest absolute Gasteiger partial charge is 0.481 e. The molecule has 36 heavy (non-hydrogen) atoms. The lowest BCUT2D eigenvalue weighted by Crippen LogP contribution is -2.29. The molecule has 0 saturated carbocycles. The normalized spacial score (nSPS) is 12.5. The molecule has 3 heterocycles. The molecule has 7 nitrogen and oxygen atoms in total. The molecule has 0 aliphatic carbocycles. The predicted molar refractivity (Wildman–Crippen MR) is 142 cm³/mol. The minimum atomic E-state index is -1.00. The first-order valence-electron chi connectivity index (χ1n) is 11.7. The number of carboxylic acids is 1. The third-order valence-electron chi connectivity index (χ3n) is 6.72. The first kappa shape index (κ1) is 23.9. The Morgan fingerprint density at radius 1 is 1.06 bits per heavy atom. The zero-order valence-electron chi connectivity index (χ0n) is 20.6. The maximum absolute atomic E-state index is 14.0. The van der Waals surface area contributed by atoms with E-state index in [0.717, 1.165) is 27.7 Å². The molecule has 0 fully saturated rings. The molecule has 5 rings (SSSR count). The number of halogens is 1. The van der Waals surface area contributed by atoms with Crippen LogP contribution in [0.3, 0.4) is 0 Å². The van der Waals surface area contributed by atoms with Crippen molar-refractivity contribution in [1.29, 1.82) is 0 Å². The molecule has 0 aliphatic heterocycles. The summed E-state index contributed by atoms with van der Waals surface area (Å²) in [5.74, 6) is -1.00. The van der Waals surface area contributed by atoms with E-state index in [1.807, 2.05) is 26.1 Å². The Kier molecular flexibility index (Phi) is 5.96. The Labute approximate surface area is 213 Å². The second-order valence-electron chi connectivity index (χ2n) is 9.44. The van der Waals surface area contributed by atoms with E-state index in [-0.39, 0.29) is 12.1 Å². The maximum Gasteiger partial charge on any atom is 0.331 e. The fourth-order valence-corrected chi connectivity index (χ4v) is 5.31. The number of hydrogen-bond acceptors (Lipinski definition) is 3. The van der Waals surface area contributed by atoms with Crippen LogP contribution in [0.5, 0.6) is 0 Å². The average Bonchev–Trinajstić information content (AvgIpc) is 3.26. The number of carboxylic acid groups (broad SMARTS) is 1. The number of pyridine rings is 1. The summed E-state index contributed by atoms with van der Waals surface area (Å²) in [6.07, 6.45) is 1.80. The second kappa shape index (κ2) is 8.99. The van der Waals surface area contributed by atoms with E-state index in [0.29, 0.717) is 28.3 Å². The van der Waals surface area contributed by atoms with Crippen molar-refractivity contribution in [3.8, 4) is 0 Å². The molecular weight excluding hydrogens is 476 g/mol. The van der Waals surface area contributed by atoms with E-state index in [2.05, 4.69) is 41.7 Å². The molecular formula is C28H27ClN4O3. The smallest absolute Gasteiger partial charge is 0.331 e. The first-order chi connectivity index (χ1) is 17.1. The SMILES string of the molecule is Cc1cc(C)c2c(Cn3c(=O)n([C@H](CC(=O)O)c4ccc(Cl)cc4)c4nc(C)ccc43)cn(C)c2c1. The van der Waals surface area contributed by atoms with Crippen LogP contribution >= 0.6 is 11.6 Å². The molecule has 1 atom stereocenters. The predicted octanol–water partition coefficient (Wildman–Crippen LogP) is 5.38. The molecule has 0 unspecified atom stereocenters. The zero-order chi connectivity index (χ0) is 25.7. The fourth-order valence-electron chi connectivity index (χ4n) is 5.19. The molecule has 8 heteroatoms. The van der Waals surface area contributed by atoms with Crippen molar-refractivity contribution in [3.05, 3.63) is 98.2 Å². The molecule has 0 radical (unpaired) electrons. The highest BCUT2D eigenvalue weighted by Gasteiger charge is 2.26. The lowest BCUT2D eigenvalue weighted by atomic mass is 10.0. The molecule has 0 amide bonds. The molecule has 1 N–H and O–H groups in total. The number of nitrogens with zero attached hydrogens (tertiary/aromatic N) is 4. The molecule has 2 aromatic carbocycles. The van der Waals surface area contributed by atoms with Crippen molar-refractivity contribution in [3.63, 3.8) is 0 Å². The van der Waals surface area contributed by atoms with Gasteiger partial charge in [0.1, 0.15) is 0 Å². The number of aliphatic carboxylic acids is 1. The number of imidazole rings is 1. The quantitative estimate of drug-likeness (QED) is 0.338. The number of rotatable bonds is 6. The minimum Gasteiger partial charge on any atom is -0.481 e. The number of aryl methyl sites for hydroxylation is 4. The maximum atomic E-state index is 14.0. The van der Waals surface area contributed by atoms with Crippen LogP contribution in [0.25, 0.3) is 22.1 Å². The van der Waals surface area contributed by atoms with Gasteiger partial charge in [-0.25, -0.2) is 9.78 Å². The van der Waals surface area contributed by atoms with Gasteiger partial charge in [0.05, 0.1) is 24.5 Å². The van der Waals surface area contributed by atoms with E-state index in [1.54, 1.807) is 28.8 Å². The van der Waals surface area contributed by atoms with Gasteiger partial charge >= 0.3 is 11.7 Å². The molecule has 3 aromatic heterocycles. The second-order valence-corrected chi connectivity index (χ2v) is 9.88. The van der Waals surface area contributed by atoms with E-state index in [9.17, 15) is 14.7 Å². The third-order valence-corrected chi connectivity index (χ3v) is 6.97. The van der Waals surface area contributed by atoms with Crippen LogP contribution in [-0.4, -0.2) is 29.8 Å². The van der Waals surface area contributed by atoms with Crippen molar-refractivity contribution in [2.75, 3.05) is 0 Å². The number of fused-ring (bicyclic) bond motifs is 2. The summed E-state index contributed by atoms with van der Waals surface area (Å²) < 4.78 is 5.29. The van der Waals surface area contributed by atoms with Gasteiger partial charge in [0, 0.05) is 34.9 Å². The summed E-state index contributed by atoms with van der Waals surface area (Å²) in [5.41, 5.74) is 6.72. The molecule has 184 valence electrons. The lowest BCUT2D eigenvalue weighted by Gasteiger charge is -2.17. The van der Waals surface area contributed by atoms with Gasteiger partial charge < -0.3 is 9.67 Å². The van der Waals surface area contributed by atoms with Crippen molar-refractivity contribution >= 4 is 39.6 Å². The van der Waals surface area contributed by atoms with Crippen LogP contribution in [0.15, 0.2) is 59.5 Å². The van der Waals surface area contributed by atoms with Crippen LogP contribution in [-0.2, 0) is 18.4 Å². The Balaban J connectivity index is 1.74. The Morgan fingerprint density at radius 3 is 2.47 bits per heavy atom. The van der Waals surface area contributed by atoms with E-state index >= 15 is 0 Å². The summed E-state index contributed by atoms with van der Waals surface area (Å²) in [6, 6.07) is 14.2. The van der Waals surface area contributed by atoms with Gasteiger partial charge in [0.15, 0.2) is 5.65 Å². The van der Waals surface area contributed by atoms with E-state index < -0.39 is 12.0 Å². The molecule has 0 bridgehead atoms. The van der Waals surface area contributed by atoms with Gasteiger partial charge in [-0.15, -0.1) is 0 Å². The Morgan fingerprint density at radius 2 is 1.78 bits per heavy atom. The highest BCUT2D eigenvalue weighted by Crippen LogP contribution is 2.29. The Hall–Kier alpha value is -3.84. The minimum absolute atomic E-state index is 0.261. The summed E-state index contributed by atoms with van der Waals surface area (Å²) in [5, 5.41) is 11.4. The van der Waals surface area contributed by atoms with Crippen LogP contribution in [0.2, 0.25) is 5.02 Å². The van der Waals surface area contributed by atoms with Gasteiger partial charge in [0.2, 0.25) is 0 Å². The average molecular weight is 503 g/mol. The van der Waals surface area contributed by atoms with Crippen LogP contribution in [0.1, 0.15) is 40.4 Å². The zero-order valence-corrected chi connectivity index (χ0v) is 21.4. The standard InChI is InChI=1S/C28H27ClN4O3/c1-16-11-17(2)26-20(14-31(4)24(26)12-16)15-32-22-10-5-18(3)30-27(22)33(28(32)36)23(13-25(34)35)19-6-8-21(29)9-7-19/h5-12,14,23H,13,15H2,1-4H3,(H,34,35)/t23-/m1/s1. The van der Waals surface area contributed by atoms with E-state index in [4.69, 9.17) is 11.6 Å². The highest BCUT2D eigenvalue weighted by molar-refractivity contribution is 6.30. The molecule has 0 aliphatic rings. The van der Waals surface area contributed by atoms with Crippen LogP contribution in [0.4, 0.5) is 0 Å². The fraction of sp³-hybridized carbons (Fsp3) is 0.250. The van der Waals surface area contributed by atoms with Crippen molar-refractivity contribution in [2.45, 2.75) is 39.8 Å².